The summed E-state index contributed by atoms with van der Waals surface area (Å²) in [7, 11) is 0. The van der Waals surface area contributed by atoms with Gasteiger partial charge in [0.2, 0.25) is 5.84 Å². The average Bonchev–Trinajstić information content (AvgIpc) is 2.94. The molecular formula is C14H15ClN4O2. The van der Waals surface area contributed by atoms with Crippen molar-refractivity contribution in [2.75, 3.05) is 0 Å². The first-order valence-corrected chi connectivity index (χ1v) is 6.97. The van der Waals surface area contributed by atoms with Crippen LogP contribution in [0.15, 0.2) is 29.9 Å². The number of nitrogens with zero attached hydrogens (tertiary/aromatic N) is 4. The maximum Gasteiger partial charge on any atom is 0.202 e. The third-order valence-corrected chi connectivity index (χ3v) is 3.82. The number of halogens is 1. The van der Waals surface area contributed by atoms with E-state index >= 15 is 0 Å². The van der Waals surface area contributed by atoms with Crippen molar-refractivity contribution in [3.63, 3.8) is 0 Å². The highest BCUT2D eigenvalue weighted by atomic mass is 35.5. The van der Waals surface area contributed by atoms with Crippen LogP contribution in [0.4, 0.5) is 0 Å². The Labute approximate surface area is 127 Å². The van der Waals surface area contributed by atoms with Gasteiger partial charge >= 0.3 is 0 Å². The Morgan fingerprint density at radius 3 is 2.95 bits per heavy atom. The molecule has 0 atom stereocenters. The van der Waals surface area contributed by atoms with Crippen molar-refractivity contribution >= 4 is 17.4 Å². The fourth-order valence-corrected chi connectivity index (χ4v) is 2.65. The predicted molar refractivity (Wildman–Crippen MR) is 78.2 cm³/mol. The van der Waals surface area contributed by atoms with Crippen molar-refractivity contribution in [2.45, 2.75) is 32.3 Å². The first kappa shape index (κ1) is 13.9. The zero-order valence-corrected chi connectivity index (χ0v) is 12.5. The second-order valence-electron chi connectivity index (χ2n) is 5.57. The van der Waals surface area contributed by atoms with Gasteiger partial charge in [0.15, 0.2) is 0 Å². The van der Waals surface area contributed by atoms with Crippen LogP contribution in [0.2, 0.25) is 5.02 Å². The van der Waals surface area contributed by atoms with E-state index in [0.29, 0.717) is 10.6 Å². The molecule has 0 radical (unpaired) electrons. The molecule has 110 valence electrons. The number of aromatic nitrogens is 3. The van der Waals surface area contributed by atoms with Gasteiger partial charge in [-0.3, -0.25) is 0 Å². The van der Waals surface area contributed by atoms with Crippen molar-refractivity contribution < 1.29 is 9.94 Å². The van der Waals surface area contributed by atoms with Crippen LogP contribution in [0.1, 0.15) is 31.4 Å². The third kappa shape index (κ3) is 2.58. The van der Waals surface area contributed by atoms with E-state index in [-0.39, 0.29) is 11.4 Å². The molecule has 0 saturated heterocycles. The van der Waals surface area contributed by atoms with Crippen LogP contribution < -0.4 is 4.74 Å². The van der Waals surface area contributed by atoms with Crippen LogP contribution in [0, 0.1) is 0 Å². The second-order valence-corrected chi connectivity index (χ2v) is 5.97. The number of fused-ring (bicyclic) bond motifs is 1. The van der Waals surface area contributed by atoms with Crippen molar-refractivity contribution in [2.24, 2.45) is 5.16 Å². The molecule has 1 aliphatic heterocycles. The van der Waals surface area contributed by atoms with Gasteiger partial charge in [0, 0.05) is 5.56 Å². The van der Waals surface area contributed by atoms with Gasteiger partial charge in [0.1, 0.15) is 24.0 Å². The summed E-state index contributed by atoms with van der Waals surface area (Å²) in [5, 5.41) is 17.0. The fourth-order valence-electron chi connectivity index (χ4n) is 2.38. The summed E-state index contributed by atoms with van der Waals surface area (Å²) in [5.74, 6) is 0.958. The van der Waals surface area contributed by atoms with Crippen molar-refractivity contribution in [1.29, 1.82) is 0 Å². The van der Waals surface area contributed by atoms with Crippen LogP contribution in [0.25, 0.3) is 0 Å². The second kappa shape index (κ2) is 5.04. The number of ether oxygens (including phenoxy) is 1. The molecule has 21 heavy (non-hydrogen) atoms. The number of benzene rings is 1. The molecule has 1 aromatic carbocycles. The monoisotopic (exact) mass is 306 g/mol. The molecule has 0 spiro atoms. The van der Waals surface area contributed by atoms with E-state index in [1.807, 2.05) is 19.9 Å². The Hall–Kier alpha value is -2.08. The van der Waals surface area contributed by atoms with E-state index in [2.05, 4.69) is 15.2 Å². The van der Waals surface area contributed by atoms with E-state index < -0.39 is 0 Å². The molecule has 1 aromatic heterocycles. The lowest BCUT2D eigenvalue weighted by Gasteiger charge is -2.33. The molecule has 0 fully saturated rings. The molecule has 6 nitrogen and oxygen atoms in total. The molecule has 0 amide bonds. The smallest absolute Gasteiger partial charge is 0.202 e. The van der Waals surface area contributed by atoms with E-state index in [1.54, 1.807) is 6.07 Å². The van der Waals surface area contributed by atoms with Crippen molar-refractivity contribution in [3.8, 4) is 5.75 Å². The average molecular weight is 307 g/mol. The lowest BCUT2D eigenvalue weighted by Crippen LogP contribution is -2.32. The summed E-state index contributed by atoms with van der Waals surface area (Å²) in [5.41, 5.74) is 1.38. The first-order chi connectivity index (χ1) is 10.00. The highest BCUT2D eigenvalue weighted by Gasteiger charge is 2.28. The van der Waals surface area contributed by atoms with Crippen LogP contribution in [-0.4, -0.2) is 31.4 Å². The van der Waals surface area contributed by atoms with Crippen molar-refractivity contribution in [1.82, 2.24) is 14.8 Å². The minimum atomic E-state index is -0.220. The standard InChI is InChI=1S/C14H15ClN4O2/c1-14(2)4-3-9-5-11(15)10(6-12(9)21-14)13(18-20)19-8-16-7-17-19/h5-8,20H,3-4H2,1-2H3/b18-13-. The highest BCUT2D eigenvalue weighted by molar-refractivity contribution is 6.34. The van der Waals surface area contributed by atoms with E-state index in [1.165, 1.54) is 17.3 Å². The zero-order valence-electron chi connectivity index (χ0n) is 11.7. The summed E-state index contributed by atoms with van der Waals surface area (Å²) in [6, 6.07) is 3.64. The summed E-state index contributed by atoms with van der Waals surface area (Å²) in [4.78, 5) is 3.84. The molecule has 0 saturated carbocycles. The Bertz CT molecular complexity index is 695. The van der Waals surface area contributed by atoms with Crippen LogP contribution >= 0.6 is 11.6 Å². The molecule has 0 unspecified atom stereocenters. The Morgan fingerprint density at radius 2 is 2.29 bits per heavy atom. The van der Waals surface area contributed by atoms with Gasteiger partial charge in [-0.2, -0.15) is 9.78 Å². The van der Waals surface area contributed by atoms with Gasteiger partial charge in [-0.15, -0.1) is 0 Å². The zero-order chi connectivity index (χ0) is 15.0. The number of rotatable bonds is 1. The molecule has 2 aromatic rings. The van der Waals surface area contributed by atoms with Crippen LogP contribution in [-0.2, 0) is 6.42 Å². The Morgan fingerprint density at radius 1 is 1.48 bits per heavy atom. The topological polar surface area (TPSA) is 72.5 Å². The largest absolute Gasteiger partial charge is 0.488 e. The van der Waals surface area contributed by atoms with Gasteiger partial charge in [-0.05, 0) is 44.4 Å². The minimum absolute atomic E-state index is 0.201. The van der Waals surface area contributed by atoms with E-state index in [0.717, 1.165) is 24.2 Å². The van der Waals surface area contributed by atoms with Gasteiger partial charge < -0.3 is 9.94 Å². The molecule has 1 N–H and O–H groups in total. The van der Waals surface area contributed by atoms with E-state index in [9.17, 15) is 5.21 Å². The Kier molecular flexibility index (Phi) is 3.33. The summed E-state index contributed by atoms with van der Waals surface area (Å²) in [6.07, 6.45) is 4.63. The normalized spacial score (nSPS) is 17.2. The van der Waals surface area contributed by atoms with Crippen LogP contribution in [0.3, 0.4) is 0 Å². The molecule has 2 heterocycles. The van der Waals surface area contributed by atoms with E-state index in [4.69, 9.17) is 16.3 Å². The SMILES string of the molecule is CC1(C)CCc2cc(Cl)c(/C(=N/O)n3cncn3)cc2O1. The third-order valence-electron chi connectivity index (χ3n) is 3.50. The number of oxime groups is 1. The maximum absolute atomic E-state index is 9.28. The molecular weight excluding hydrogens is 292 g/mol. The molecule has 3 rings (SSSR count). The fraction of sp³-hybridized carbons (Fsp3) is 0.357. The molecule has 7 heteroatoms. The number of hydrogen-bond donors (Lipinski definition) is 1. The lowest BCUT2D eigenvalue weighted by molar-refractivity contribution is 0.0847. The first-order valence-electron chi connectivity index (χ1n) is 6.59. The van der Waals surface area contributed by atoms with Gasteiger partial charge in [-0.25, -0.2) is 4.98 Å². The maximum atomic E-state index is 9.28. The quantitative estimate of drug-likeness (QED) is 0.380. The highest BCUT2D eigenvalue weighted by Crippen LogP contribution is 2.36. The molecule has 0 bridgehead atoms. The summed E-state index contributed by atoms with van der Waals surface area (Å²) in [6.45, 7) is 4.09. The van der Waals surface area contributed by atoms with Gasteiger partial charge in [0.25, 0.3) is 0 Å². The lowest BCUT2D eigenvalue weighted by atomic mass is 9.93. The van der Waals surface area contributed by atoms with Gasteiger partial charge in [-0.1, -0.05) is 16.8 Å². The number of aryl methyl sites for hydroxylation is 1. The predicted octanol–water partition coefficient (Wildman–Crippen LogP) is 2.72. The van der Waals surface area contributed by atoms with Gasteiger partial charge in [0.05, 0.1) is 5.02 Å². The Balaban J connectivity index is 2.08. The molecule has 0 aliphatic carbocycles. The summed E-state index contributed by atoms with van der Waals surface area (Å²) < 4.78 is 7.34. The molecule has 1 aliphatic rings. The minimum Gasteiger partial charge on any atom is -0.488 e. The number of hydrogen-bond acceptors (Lipinski definition) is 5. The van der Waals surface area contributed by atoms with Crippen LogP contribution in [0.5, 0.6) is 5.75 Å². The summed E-state index contributed by atoms with van der Waals surface area (Å²) >= 11 is 6.31. The van der Waals surface area contributed by atoms with Crippen molar-refractivity contribution in [3.05, 3.63) is 40.9 Å².